The van der Waals surface area contributed by atoms with Crippen LogP contribution in [0.25, 0.3) is 0 Å². The number of anilines is 1. The predicted octanol–water partition coefficient (Wildman–Crippen LogP) is 2.76. The summed E-state index contributed by atoms with van der Waals surface area (Å²) in [5.74, 6) is 1.30. The highest BCUT2D eigenvalue weighted by Gasteiger charge is 2.29. The van der Waals surface area contributed by atoms with Crippen molar-refractivity contribution in [1.29, 1.82) is 0 Å². The van der Waals surface area contributed by atoms with Gasteiger partial charge in [0, 0.05) is 30.4 Å². The van der Waals surface area contributed by atoms with Gasteiger partial charge in [-0.2, -0.15) is 0 Å². The van der Waals surface area contributed by atoms with E-state index in [9.17, 15) is 12.8 Å². The minimum Gasteiger partial charge on any atom is -0.495 e. The molecule has 7 nitrogen and oxygen atoms in total. The molecule has 9 heteroatoms. The average Bonchev–Trinajstić information content (AvgIpc) is 2.73. The van der Waals surface area contributed by atoms with Crippen molar-refractivity contribution >= 4 is 15.8 Å². The zero-order chi connectivity index (χ0) is 21.3. The summed E-state index contributed by atoms with van der Waals surface area (Å²) < 4.78 is 47.1. The van der Waals surface area contributed by atoms with E-state index in [1.54, 1.807) is 0 Å². The van der Waals surface area contributed by atoms with Crippen molar-refractivity contribution in [3.63, 3.8) is 0 Å². The molecule has 0 atom stereocenters. The Morgan fingerprint density at radius 3 is 2.63 bits per heavy atom. The first-order valence-electron chi connectivity index (χ1n) is 10.3. The number of halogens is 1. The van der Waals surface area contributed by atoms with Crippen LogP contribution in [0, 0.1) is 12.7 Å². The molecule has 1 aliphatic heterocycles. The summed E-state index contributed by atoms with van der Waals surface area (Å²) >= 11 is 0. The fraction of sp³-hybridized carbons (Fsp3) is 0.524. The molecule has 0 amide bonds. The molecule has 2 heterocycles. The van der Waals surface area contributed by atoms with Crippen LogP contribution in [0.15, 0.2) is 23.1 Å². The second kappa shape index (κ2) is 8.47. The van der Waals surface area contributed by atoms with Crippen LogP contribution >= 0.6 is 0 Å². The molecule has 0 bridgehead atoms. The molecule has 2 aliphatic rings. The van der Waals surface area contributed by atoms with E-state index < -0.39 is 15.8 Å². The lowest BCUT2D eigenvalue weighted by Gasteiger charge is -2.35. The summed E-state index contributed by atoms with van der Waals surface area (Å²) in [5.41, 5.74) is 2.40. The molecule has 1 fully saturated rings. The number of benzene rings is 1. The minimum absolute atomic E-state index is 0.129. The summed E-state index contributed by atoms with van der Waals surface area (Å²) in [5, 5.41) is 0. The number of hydrogen-bond donors (Lipinski definition) is 1. The van der Waals surface area contributed by atoms with E-state index in [1.165, 1.54) is 24.8 Å². The van der Waals surface area contributed by atoms with Gasteiger partial charge in [0.15, 0.2) is 0 Å². The van der Waals surface area contributed by atoms with Gasteiger partial charge in [-0.25, -0.2) is 27.5 Å². The van der Waals surface area contributed by atoms with Crippen molar-refractivity contribution < 1.29 is 17.5 Å². The number of methoxy groups -OCH3 is 1. The van der Waals surface area contributed by atoms with Gasteiger partial charge in [-0.1, -0.05) is 0 Å². The molecule has 0 radical (unpaired) electrons. The SMILES string of the molecule is COc1ccc(F)cc1S(=O)(=O)NC1CCN(c2nc(C)nc3c2CCCC3)CC1. The number of aromatic nitrogens is 2. The minimum atomic E-state index is -3.89. The Bertz CT molecular complexity index is 1040. The number of fused-ring (bicyclic) bond motifs is 1. The predicted molar refractivity (Wildman–Crippen MR) is 112 cm³/mol. The smallest absolute Gasteiger partial charge is 0.244 e. The maximum atomic E-state index is 13.6. The first-order valence-corrected chi connectivity index (χ1v) is 11.8. The van der Waals surface area contributed by atoms with Crippen molar-refractivity contribution in [2.24, 2.45) is 0 Å². The second-order valence-corrected chi connectivity index (χ2v) is 9.59. The zero-order valence-electron chi connectivity index (χ0n) is 17.3. The first-order chi connectivity index (χ1) is 14.4. The van der Waals surface area contributed by atoms with Crippen molar-refractivity contribution in [2.45, 2.75) is 56.4 Å². The molecule has 162 valence electrons. The number of ether oxygens (including phenoxy) is 1. The van der Waals surface area contributed by atoms with E-state index in [0.717, 1.165) is 49.1 Å². The maximum Gasteiger partial charge on any atom is 0.244 e. The fourth-order valence-corrected chi connectivity index (χ4v) is 5.79. The Balaban J connectivity index is 1.47. The lowest BCUT2D eigenvalue weighted by atomic mass is 9.95. The Morgan fingerprint density at radius 1 is 1.17 bits per heavy atom. The molecule has 4 rings (SSSR count). The molecule has 30 heavy (non-hydrogen) atoms. The van der Waals surface area contributed by atoms with Gasteiger partial charge in [-0.15, -0.1) is 0 Å². The van der Waals surface area contributed by atoms with Crippen LogP contribution in [-0.4, -0.2) is 44.6 Å². The third-order valence-electron chi connectivity index (χ3n) is 5.80. The highest BCUT2D eigenvalue weighted by molar-refractivity contribution is 7.89. The Morgan fingerprint density at radius 2 is 1.90 bits per heavy atom. The highest BCUT2D eigenvalue weighted by Crippen LogP contribution is 2.30. The molecule has 0 unspecified atom stereocenters. The third kappa shape index (κ3) is 4.27. The van der Waals surface area contributed by atoms with E-state index in [-0.39, 0.29) is 16.7 Å². The van der Waals surface area contributed by atoms with Crippen molar-refractivity contribution in [1.82, 2.24) is 14.7 Å². The van der Waals surface area contributed by atoms with Crippen molar-refractivity contribution in [2.75, 3.05) is 25.1 Å². The monoisotopic (exact) mass is 434 g/mol. The average molecular weight is 435 g/mol. The first kappa shape index (κ1) is 21.0. The number of sulfonamides is 1. The number of nitrogens with zero attached hydrogens (tertiary/aromatic N) is 3. The van der Waals surface area contributed by atoms with E-state index in [1.807, 2.05) is 6.92 Å². The van der Waals surface area contributed by atoms with Gasteiger partial charge in [0.05, 0.1) is 7.11 Å². The van der Waals surface area contributed by atoms with Gasteiger partial charge < -0.3 is 9.64 Å². The van der Waals surface area contributed by atoms with Gasteiger partial charge >= 0.3 is 0 Å². The lowest BCUT2D eigenvalue weighted by Crippen LogP contribution is -2.45. The maximum absolute atomic E-state index is 13.6. The number of piperidine rings is 1. The fourth-order valence-electron chi connectivity index (χ4n) is 4.31. The van der Waals surface area contributed by atoms with Crippen molar-refractivity contribution in [3.8, 4) is 5.75 Å². The molecule has 0 spiro atoms. The summed E-state index contributed by atoms with van der Waals surface area (Å²) in [7, 11) is -2.52. The van der Waals surface area contributed by atoms with Crippen LogP contribution in [0.4, 0.5) is 10.2 Å². The van der Waals surface area contributed by atoms with Crippen LogP contribution in [0.2, 0.25) is 0 Å². The normalized spacial score (nSPS) is 17.6. The molecule has 1 aromatic heterocycles. The molecule has 1 aliphatic carbocycles. The Kier molecular flexibility index (Phi) is 5.92. The van der Waals surface area contributed by atoms with Gasteiger partial charge in [0.1, 0.15) is 28.1 Å². The Labute approximate surface area is 176 Å². The van der Waals surface area contributed by atoms with Crippen molar-refractivity contribution in [3.05, 3.63) is 41.1 Å². The van der Waals surface area contributed by atoms with E-state index in [0.29, 0.717) is 25.9 Å². The second-order valence-electron chi connectivity index (χ2n) is 7.90. The third-order valence-corrected chi connectivity index (χ3v) is 7.35. The molecular formula is C21H27FN4O3S. The van der Waals surface area contributed by atoms with Gasteiger partial charge in [-0.3, -0.25) is 0 Å². The molecule has 1 N–H and O–H groups in total. The molecule has 1 saturated heterocycles. The van der Waals surface area contributed by atoms with E-state index >= 15 is 0 Å². The number of aryl methyl sites for hydroxylation is 2. The van der Waals surface area contributed by atoms with Gasteiger partial charge in [0.25, 0.3) is 0 Å². The summed E-state index contributed by atoms with van der Waals surface area (Å²) in [6, 6.07) is 3.28. The van der Waals surface area contributed by atoms with Crippen LogP contribution in [0.3, 0.4) is 0 Å². The summed E-state index contributed by atoms with van der Waals surface area (Å²) in [6.07, 6.45) is 5.60. The standard InChI is InChI=1S/C21H27FN4O3S/c1-14-23-18-6-4-3-5-17(18)21(24-14)26-11-9-16(10-12-26)25-30(27,28)20-13-15(22)7-8-19(20)29-2/h7-8,13,16,25H,3-6,9-12H2,1-2H3. The van der Waals surface area contributed by atoms with Crippen LogP contribution < -0.4 is 14.4 Å². The van der Waals surface area contributed by atoms with Crippen LogP contribution in [0.1, 0.15) is 42.8 Å². The lowest BCUT2D eigenvalue weighted by molar-refractivity contribution is 0.399. The molecule has 2 aromatic rings. The molecular weight excluding hydrogens is 407 g/mol. The zero-order valence-corrected chi connectivity index (χ0v) is 18.1. The summed E-state index contributed by atoms with van der Waals surface area (Å²) in [4.78, 5) is 11.4. The van der Waals surface area contributed by atoms with E-state index in [4.69, 9.17) is 9.72 Å². The topological polar surface area (TPSA) is 84.4 Å². The number of rotatable bonds is 5. The van der Waals surface area contributed by atoms with Crippen LogP contribution in [0.5, 0.6) is 5.75 Å². The molecule has 0 saturated carbocycles. The largest absolute Gasteiger partial charge is 0.495 e. The van der Waals surface area contributed by atoms with Crippen LogP contribution in [-0.2, 0) is 22.9 Å². The number of nitrogens with one attached hydrogen (secondary N) is 1. The van der Waals surface area contributed by atoms with Gasteiger partial charge in [-0.05, 0) is 63.6 Å². The quantitative estimate of drug-likeness (QED) is 0.779. The molecule has 1 aromatic carbocycles. The number of hydrogen-bond acceptors (Lipinski definition) is 6. The highest BCUT2D eigenvalue weighted by atomic mass is 32.2. The Hall–Kier alpha value is -2.26. The van der Waals surface area contributed by atoms with E-state index in [2.05, 4.69) is 14.6 Å². The van der Waals surface area contributed by atoms with Gasteiger partial charge in [0.2, 0.25) is 10.0 Å². The summed E-state index contributed by atoms with van der Waals surface area (Å²) in [6.45, 7) is 3.33.